The maximum atomic E-state index is 12.4. The fraction of sp³-hybridized carbons (Fsp3) is 0.533. The van der Waals surface area contributed by atoms with Gasteiger partial charge in [0, 0.05) is 18.0 Å². The Hall–Kier alpha value is -1.69. The Labute approximate surface area is 122 Å². The second-order valence-corrected chi connectivity index (χ2v) is 5.41. The van der Waals surface area contributed by atoms with Crippen LogP contribution >= 0.6 is 0 Å². The predicted octanol–water partition coefficient (Wildman–Crippen LogP) is 2.07. The summed E-state index contributed by atoms with van der Waals surface area (Å²) in [4.78, 5) is 12.0. The third-order valence-corrected chi connectivity index (χ3v) is 3.82. The van der Waals surface area contributed by atoms with Crippen molar-refractivity contribution in [2.24, 2.45) is 11.8 Å². The van der Waals surface area contributed by atoms with Crippen molar-refractivity contribution < 1.29 is 18.3 Å². The molecule has 1 unspecified atom stereocenters. The van der Waals surface area contributed by atoms with Crippen LogP contribution in [0.2, 0.25) is 0 Å². The van der Waals surface area contributed by atoms with Crippen molar-refractivity contribution in [2.75, 3.05) is 13.1 Å². The van der Waals surface area contributed by atoms with Gasteiger partial charge in [0.05, 0.1) is 0 Å². The van der Waals surface area contributed by atoms with E-state index in [1.807, 2.05) is 13.8 Å². The molecular weight excluding hydrogens is 278 g/mol. The summed E-state index contributed by atoms with van der Waals surface area (Å²) >= 11 is 0. The van der Waals surface area contributed by atoms with Crippen LogP contribution in [0.3, 0.4) is 0 Å². The van der Waals surface area contributed by atoms with Crippen molar-refractivity contribution in [3.63, 3.8) is 0 Å². The van der Waals surface area contributed by atoms with Crippen LogP contribution in [0, 0.1) is 18.8 Å². The van der Waals surface area contributed by atoms with Crippen LogP contribution in [0.25, 0.3) is 0 Å². The zero-order valence-electron chi connectivity index (χ0n) is 12.2. The normalized spacial score (nSPS) is 16.4. The molecule has 4 nitrogen and oxygen atoms in total. The molecule has 0 saturated carbocycles. The third kappa shape index (κ3) is 4.14. The van der Waals surface area contributed by atoms with Gasteiger partial charge in [-0.05, 0) is 32.0 Å². The lowest BCUT2D eigenvalue weighted by molar-refractivity contribution is -0.126. The Morgan fingerprint density at radius 2 is 2.19 bits per heavy atom. The number of alkyl halides is 2. The van der Waals surface area contributed by atoms with Crippen molar-refractivity contribution in [3.05, 3.63) is 29.3 Å². The molecule has 0 bridgehead atoms. The van der Waals surface area contributed by atoms with E-state index in [9.17, 15) is 13.6 Å². The Kier molecular flexibility index (Phi) is 5.12. The Morgan fingerprint density at radius 1 is 1.48 bits per heavy atom. The van der Waals surface area contributed by atoms with E-state index < -0.39 is 6.61 Å². The largest absolute Gasteiger partial charge is 0.434 e. The lowest BCUT2D eigenvalue weighted by Crippen LogP contribution is -2.49. The first-order valence-corrected chi connectivity index (χ1v) is 7.00. The minimum Gasteiger partial charge on any atom is -0.434 e. The van der Waals surface area contributed by atoms with E-state index >= 15 is 0 Å². The van der Waals surface area contributed by atoms with Crippen molar-refractivity contribution in [3.8, 4) is 5.75 Å². The number of rotatable bonds is 6. The van der Waals surface area contributed by atoms with Crippen LogP contribution in [0.5, 0.6) is 5.75 Å². The van der Waals surface area contributed by atoms with Gasteiger partial charge in [0.2, 0.25) is 5.91 Å². The maximum Gasteiger partial charge on any atom is 0.387 e. The van der Waals surface area contributed by atoms with Gasteiger partial charge in [-0.1, -0.05) is 24.6 Å². The summed E-state index contributed by atoms with van der Waals surface area (Å²) in [5.41, 5.74) is 1.49. The average Bonchev–Trinajstić information content (AvgIpc) is 2.36. The highest BCUT2D eigenvalue weighted by atomic mass is 19.3. The molecule has 2 N–H and O–H groups in total. The molecule has 1 aromatic rings. The number of ether oxygens (including phenoxy) is 1. The monoisotopic (exact) mass is 298 g/mol. The highest BCUT2D eigenvalue weighted by Gasteiger charge is 2.28. The Morgan fingerprint density at radius 3 is 2.76 bits per heavy atom. The quantitative estimate of drug-likeness (QED) is 0.845. The van der Waals surface area contributed by atoms with E-state index in [-0.39, 0.29) is 24.1 Å². The summed E-state index contributed by atoms with van der Waals surface area (Å²) in [6.07, 6.45) is 0. The summed E-state index contributed by atoms with van der Waals surface area (Å²) in [5, 5.41) is 5.92. The smallest absolute Gasteiger partial charge is 0.387 e. The lowest BCUT2D eigenvalue weighted by atomic mass is 9.88. The van der Waals surface area contributed by atoms with Crippen LogP contribution in [0.4, 0.5) is 8.78 Å². The molecule has 1 saturated heterocycles. The van der Waals surface area contributed by atoms with Crippen LogP contribution in [0.15, 0.2) is 18.2 Å². The van der Waals surface area contributed by atoms with Gasteiger partial charge >= 0.3 is 6.61 Å². The molecular formula is C15H20F2N2O2. The molecule has 1 atom stereocenters. The van der Waals surface area contributed by atoms with Gasteiger partial charge in [0.25, 0.3) is 0 Å². The molecule has 1 aliphatic heterocycles. The Balaban J connectivity index is 1.97. The second-order valence-electron chi connectivity index (χ2n) is 5.41. The van der Waals surface area contributed by atoms with Gasteiger partial charge in [-0.2, -0.15) is 8.78 Å². The van der Waals surface area contributed by atoms with E-state index in [1.165, 1.54) is 6.07 Å². The highest BCUT2D eigenvalue weighted by molar-refractivity contribution is 5.78. The number of nitrogens with one attached hydrogen (secondary N) is 2. The number of hydrogen-bond donors (Lipinski definition) is 2. The molecule has 1 fully saturated rings. The van der Waals surface area contributed by atoms with Crippen LogP contribution in [-0.2, 0) is 11.3 Å². The lowest BCUT2D eigenvalue weighted by Gasteiger charge is -2.31. The van der Waals surface area contributed by atoms with Crippen molar-refractivity contribution in [1.82, 2.24) is 10.6 Å². The van der Waals surface area contributed by atoms with Crippen LogP contribution in [-0.4, -0.2) is 25.6 Å². The highest BCUT2D eigenvalue weighted by Crippen LogP contribution is 2.22. The van der Waals surface area contributed by atoms with Crippen LogP contribution < -0.4 is 15.4 Å². The molecule has 1 heterocycles. The molecule has 0 aliphatic carbocycles. The number of aryl methyl sites for hydroxylation is 1. The van der Waals surface area contributed by atoms with E-state index in [0.29, 0.717) is 11.5 Å². The van der Waals surface area contributed by atoms with E-state index in [1.54, 1.807) is 12.1 Å². The van der Waals surface area contributed by atoms with Gasteiger partial charge in [0.15, 0.2) is 0 Å². The summed E-state index contributed by atoms with van der Waals surface area (Å²) in [5.74, 6) is 0.301. The minimum absolute atomic E-state index is 0.0639. The molecule has 21 heavy (non-hydrogen) atoms. The van der Waals surface area contributed by atoms with Gasteiger partial charge in [-0.25, -0.2) is 0 Å². The first kappa shape index (κ1) is 15.7. The first-order valence-electron chi connectivity index (χ1n) is 7.00. The molecule has 0 radical (unpaired) electrons. The topological polar surface area (TPSA) is 50.4 Å². The number of halogens is 2. The molecule has 116 valence electrons. The molecule has 0 spiro atoms. The summed E-state index contributed by atoms with van der Waals surface area (Å²) in [6.45, 7) is 2.75. The molecule has 2 rings (SSSR count). The fourth-order valence-electron chi connectivity index (χ4n) is 2.28. The molecule has 1 aromatic carbocycles. The molecule has 0 aromatic heterocycles. The zero-order valence-corrected chi connectivity index (χ0v) is 12.2. The summed E-state index contributed by atoms with van der Waals surface area (Å²) in [6, 6.07) is 4.95. The SMILES string of the molecule is Cc1ccc(OC(F)F)c(CNC(=O)C(C)C2CNC2)c1. The van der Waals surface area contributed by atoms with Gasteiger partial charge < -0.3 is 15.4 Å². The number of hydrogen-bond acceptors (Lipinski definition) is 3. The Bertz CT molecular complexity index is 504. The van der Waals surface area contributed by atoms with Crippen molar-refractivity contribution in [1.29, 1.82) is 0 Å². The number of benzene rings is 1. The predicted molar refractivity (Wildman–Crippen MR) is 75.2 cm³/mol. The number of carbonyl (C=O) groups excluding carboxylic acids is 1. The fourth-order valence-corrected chi connectivity index (χ4v) is 2.28. The zero-order chi connectivity index (χ0) is 15.4. The summed E-state index contributed by atoms with van der Waals surface area (Å²) in [7, 11) is 0. The number of amides is 1. The first-order chi connectivity index (χ1) is 9.97. The summed E-state index contributed by atoms with van der Waals surface area (Å²) < 4.78 is 29.2. The number of carbonyl (C=O) groups is 1. The van der Waals surface area contributed by atoms with E-state index in [2.05, 4.69) is 15.4 Å². The van der Waals surface area contributed by atoms with E-state index in [4.69, 9.17) is 0 Å². The van der Waals surface area contributed by atoms with Crippen molar-refractivity contribution >= 4 is 5.91 Å². The van der Waals surface area contributed by atoms with Crippen LogP contribution in [0.1, 0.15) is 18.1 Å². The average molecular weight is 298 g/mol. The molecule has 1 aliphatic rings. The molecule has 6 heteroatoms. The van der Waals surface area contributed by atoms with Gasteiger partial charge in [0.1, 0.15) is 5.75 Å². The van der Waals surface area contributed by atoms with Crippen molar-refractivity contribution in [2.45, 2.75) is 27.0 Å². The van der Waals surface area contributed by atoms with Gasteiger partial charge in [-0.3, -0.25) is 4.79 Å². The van der Waals surface area contributed by atoms with Gasteiger partial charge in [-0.15, -0.1) is 0 Å². The minimum atomic E-state index is -2.87. The maximum absolute atomic E-state index is 12.4. The van der Waals surface area contributed by atoms with E-state index in [0.717, 1.165) is 18.7 Å². The molecule has 1 amide bonds. The standard InChI is InChI=1S/C15H20F2N2O2/c1-9-3-4-13(21-15(16)17)11(5-9)8-19-14(20)10(2)12-6-18-7-12/h3-5,10,12,15,18H,6-8H2,1-2H3,(H,19,20). The second kappa shape index (κ2) is 6.85. The third-order valence-electron chi connectivity index (χ3n) is 3.82.